The monoisotopic (exact) mass is 371 g/mol. The topological polar surface area (TPSA) is 68.4 Å². The number of likely N-dealkylation sites (tertiary alicyclic amines) is 1. The number of carbonyl (C=O) groups excluding carboxylic acids is 1. The van der Waals surface area contributed by atoms with Gasteiger partial charge in [-0.1, -0.05) is 12.1 Å². The van der Waals surface area contributed by atoms with E-state index in [-0.39, 0.29) is 5.82 Å². The van der Waals surface area contributed by atoms with Gasteiger partial charge in [0.25, 0.3) is 5.91 Å². The van der Waals surface area contributed by atoms with Crippen molar-refractivity contribution in [2.75, 3.05) is 26.7 Å². The molecule has 2 N–H and O–H groups in total. The molecule has 6 heteroatoms. The Morgan fingerprint density at radius 3 is 2.56 bits per heavy atom. The Bertz CT molecular complexity index is 771. The zero-order valence-electron chi connectivity index (χ0n) is 15.7. The number of rotatable bonds is 7. The molecule has 3 rings (SSSR count). The molecular formula is C21H26FN3O2. The molecule has 1 amide bonds. The molecule has 2 heterocycles. The lowest BCUT2D eigenvalue weighted by Crippen LogP contribution is -2.35. The molecule has 1 aliphatic heterocycles. The Morgan fingerprint density at radius 2 is 1.93 bits per heavy atom. The molecule has 1 aliphatic rings. The third-order valence-electron chi connectivity index (χ3n) is 5.21. The second-order valence-corrected chi connectivity index (χ2v) is 7.09. The number of hydrogen-bond donors (Lipinski definition) is 1. The van der Waals surface area contributed by atoms with Crippen molar-refractivity contribution in [2.24, 2.45) is 11.7 Å². The van der Waals surface area contributed by atoms with Gasteiger partial charge in [0, 0.05) is 12.2 Å². The van der Waals surface area contributed by atoms with Crippen molar-refractivity contribution in [2.45, 2.75) is 25.7 Å². The summed E-state index contributed by atoms with van der Waals surface area (Å²) in [7, 11) is 1.50. The molecule has 5 nitrogen and oxygen atoms in total. The number of nitrogens with zero attached hydrogens (tertiary/aromatic N) is 2. The maximum absolute atomic E-state index is 13.0. The predicted molar refractivity (Wildman–Crippen MR) is 102 cm³/mol. The number of carbonyl (C=O) groups is 1. The van der Waals surface area contributed by atoms with E-state index in [1.54, 1.807) is 6.07 Å². The van der Waals surface area contributed by atoms with E-state index in [0.717, 1.165) is 51.0 Å². The van der Waals surface area contributed by atoms with Gasteiger partial charge in [0.15, 0.2) is 0 Å². The Balaban J connectivity index is 1.48. The fraction of sp³-hybridized carbons (Fsp3) is 0.429. The van der Waals surface area contributed by atoms with E-state index in [4.69, 9.17) is 10.5 Å². The number of methoxy groups -OCH3 is 1. The van der Waals surface area contributed by atoms with Gasteiger partial charge in [-0.3, -0.25) is 4.79 Å². The minimum Gasteiger partial charge on any atom is -0.480 e. The van der Waals surface area contributed by atoms with E-state index in [0.29, 0.717) is 17.4 Å². The standard InChI is InChI=1S/C21H26FN3O2/c1-27-21-19(20(23)26)7-6-18(24-21)14-16-9-12-25(13-10-16)11-8-15-2-4-17(22)5-3-15/h2-7,16H,8-14H2,1H3,(H2,23,26). The molecule has 0 unspecified atom stereocenters. The van der Waals surface area contributed by atoms with Crippen LogP contribution in [0.2, 0.25) is 0 Å². The first-order valence-corrected chi connectivity index (χ1v) is 9.35. The van der Waals surface area contributed by atoms with Crippen molar-refractivity contribution in [1.29, 1.82) is 0 Å². The summed E-state index contributed by atoms with van der Waals surface area (Å²) in [5, 5.41) is 0. The summed E-state index contributed by atoms with van der Waals surface area (Å²) >= 11 is 0. The molecule has 1 aromatic heterocycles. The quantitative estimate of drug-likeness (QED) is 0.813. The van der Waals surface area contributed by atoms with E-state index < -0.39 is 5.91 Å². The molecule has 144 valence electrons. The first-order valence-electron chi connectivity index (χ1n) is 9.35. The van der Waals surface area contributed by atoms with Crippen LogP contribution >= 0.6 is 0 Å². The Kier molecular flexibility index (Phi) is 6.40. The summed E-state index contributed by atoms with van der Waals surface area (Å²) in [4.78, 5) is 18.3. The van der Waals surface area contributed by atoms with Crippen LogP contribution in [0.4, 0.5) is 4.39 Å². The smallest absolute Gasteiger partial charge is 0.254 e. The van der Waals surface area contributed by atoms with Crippen molar-refractivity contribution < 1.29 is 13.9 Å². The Morgan fingerprint density at radius 1 is 1.22 bits per heavy atom. The third kappa shape index (κ3) is 5.26. The van der Waals surface area contributed by atoms with Gasteiger partial charge in [-0.15, -0.1) is 0 Å². The summed E-state index contributed by atoms with van der Waals surface area (Å²) in [6.45, 7) is 3.11. The number of halogens is 1. The Hall–Kier alpha value is -2.47. The molecule has 1 fully saturated rings. The minimum absolute atomic E-state index is 0.186. The third-order valence-corrected chi connectivity index (χ3v) is 5.21. The molecule has 0 spiro atoms. The summed E-state index contributed by atoms with van der Waals surface area (Å²) in [5.74, 6) is 0.162. The molecule has 0 saturated carbocycles. The van der Waals surface area contributed by atoms with E-state index in [2.05, 4.69) is 9.88 Å². The van der Waals surface area contributed by atoms with E-state index in [9.17, 15) is 9.18 Å². The van der Waals surface area contributed by atoms with Gasteiger partial charge in [-0.25, -0.2) is 9.37 Å². The van der Waals surface area contributed by atoms with Gasteiger partial charge in [-0.2, -0.15) is 0 Å². The summed E-state index contributed by atoms with van der Waals surface area (Å²) < 4.78 is 18.2. The second-order valence-electron chi connectivity index (χ2n) is 7.09. The number of nitrogens with two attached hydrogens (primary N) is 1. The van der Waals surface area contributed by atoms with Crippen LogP contribution in [0.15, 0.2) is 36.4 Å². The zero-order valence-corrected chi connectivity index (χ0v) is 15.7. The molecule has 27 heavy (non-hydrogen) atoms. The fourth-order valence-corrected chi connectivity index (χ4v) is 3.58. The molecule has 0 atom stereocenters. The molecule has 0 radical (unpaired) electrons. The molecule has 0 aliphatic carbocycles. The average molecular weight is 371 g/mol. The van der Waals surface area contributed by atoms with Crippen molar-refractivity contribution in [1.82, 2.24) is 9.88 Å². The number of piperidine rings is 1. The van der Waals surface area contributed by atoms with Crippen LogP contribution in [0.25, 0.3) is 0 Å². The molecule has 1 aromatic carbocycles. The summed E-state index contributed by atoms with van der Waals surface area (Å²) in [6, 6.07) is 10.3. The van der Waals surface area contributed by atoms with Crippen LogP contribution in [0.3, 0.4) is 0 Å². The largest absolute Gasteiger partial charge is 0.480 e. The van der Waals surface area contributed by atoms with Crippen LogP contribution in [0.5, 0.6) is 5.88 Å². The maximum Gasteiger partial charge on any atom is 0.254 e. The number of benzene rings is 1. The van der Waals surface area contributed by atoms with Crippen molar-refractivity contribution in [3.05, 3.63) is 59.0 Å². The van der Waals surface area contributed by atoms with Gasteiger partial charge in [-0.05, 0) is 74.5 Å². The molecule has 0 bridgehead atoms. The van der Waals surface area contributed by atoms with Gasteiger partial charge in [0.2, 0.25) is 5.88 Å². The fourth-order valence-electron chi connectivity index (χ4n) is 3.58. The highest BCUT2D eigenvalue weighted by Crippen LogP contribution is 2.23. The minimum atomic E-state index is -0.527. The summed E-state index contributed by atoms with van der Waals surface area (Å²) in [5.41, 5.74) is 7.75. The lowest BCUT2D eigenvalue weighted by molar-refractivity contribution is 0.0996. The van der Waals surface area contributed by atoms with Crippen LogP contribution in [0.1, 0.15) is 34.5 Å². The van der Waals surface area contributed by atoms with Crippen molar-refractivity contribution >= 4 is 5.91 Å². The first-order chi connectivity index (χ1) is 13.0. The highest BCUT2D eigenvalue weighted by molar-refractivity contribution is 5.95. The Labute approximate surface area is 159 Å². The van der Waals surface area contributed by atoms with E-state index in [1.807, 2.05) is 18.2 Å². The number of hydrogen-bond acceptors (Lipinski definition) is 4. The van der Waals surface area contributed by atoms with Gasteiger partial charge >= 0.3 is 0 Å². The second kappa shape index (κ2) is 8.95. The van der Waals surface area contributed by atoms with Gasteiger partial charge in [0.05, 0.1) is 7.11 Å². The highest BCUT2D eigenvalue weighted by Gasteiger charge is 2.20. The maximum atomic E-state index is 13.0. The lowest BCUT2D eigenvalue weighted by atomic mass is 9.91. The van der Waals surface area contributed by atoms with Crippen LogP contribution in [-0.4, -0.2) is 42.5 Å². The highest BCUT2D eigenvalue weighted by atomic mass is 19.1. The van der Waals surface area contributed by atoms with E-state index in [1.165, 1.54) is 24.8 Å². The number of primary amides is 1. The average Bonchev–Trinajstić information content (AvgIpc) is 2.68. The van der Waals surface area contributed by atoms with Crippen molar-refractivity contribution in [3.8, 4) is 5.88 Å². The lowest BCUT2D eigenvalue weighted by Gasteiger charge is -2.32. The van der Waals surface area contributed by atoms with Gasteiger partial charge < -0.3 is 15.4 Å². The van der Waals surface area contributed by atoms with Crippen molar-refractivity contribution in [3.63, 3.8) is 0 Å². The number of pyridine rings is 1. The molecular weight excluding hydrogens is 345 g/mol. The van der Waals surface area contributed by atoms with Gasteiger partial charge in [0.1, 0.15) is 11.4 Å². The summed E-state index contributed by atoms with van der Waals surface area (Å²) in [6.07, 6.45) is 4.05. The number of aromatic nitrogens is 1. The predicted octanol–water partition coefficient (Wildman–Crippen LogP) is 2.83. The molecule has 1 saturated heterocycles. The first kappa shape index (κ1) is 19.3. The SMILES string of the molecule is COc1nc(CC2CCN(CCc3ccc(F)cc3)CC2)ccc1C(N)=O. The van der Waals surface area contributed by atoms with Crippen LogP contribution in [0, 0.1) is 11.7 Å². The number of ether oxygens (including phenoxy) is 1. The number of amides is 1. The van der Waals surface area contributed by atoms with Crippen LogP contribution < -0.4 is 10.5 Å². The van der Waals surface area contributed by atoms with E-state index >= 15 is 0 Å². The zero-order chi connectivity index (χ0) is 19.2. The van der Waals surface area contributed by atoms with Crippen LogP contribution in [-0.2, 0) is 12.8 Å². The molecule has 2 aromatic rings. The normalized spacial score (nSPS) is 15.6.